The Morgan fingerprint density at radius 1 is 1.46 bits per heavy atom. The Kier molecular flexibility index (Phi) is 2.17. The van der Waals surface area contributed by atoms with E-state index >= 15 is 0 Å². The van der Waals surface area contributed by atoms with Crippen molar-refractivity contribution in [1.29, 1.82) is 0 Å². The maximum absolute atomic E-state index is 9.95. The van der Waals surface area contributed by atoms with Crippen LogP contribution in [-0.2, 0) is 5.60 Å². The smallest absolute Gasteiger partial charge is 0.0902 e. The minimum absolute atomic E-state index is 0.600. The molecule has 1 N–H and O–H groups in total. The van der Waals surface area contributed by atoms with Crippen molar-refractivity contribution in [3.8, 4) is 0 Å². The van der Waals surface area contributed by atoms with Gasteiger partial charge in [0, 0.05) is 9.50 Å². The summed E-state index contributed by atoms with van der Waals surface area (Å²) in [7, 11) is 0. The van der Waals surface area contributed by atoms with Gasteiger partial charge in [-0.25, -0.2) is 0 Å². The molecule has 0 atom stereocenters. The van der Waals surface area contributed by atoms with Gasteiger partial charge in [-0.2, -0.15) is 0 Å². The van der Waals surface area contributed by atoms with Crippen molar-refractivity contribution in [2.75, 3.05) is 0 Å². The Bertz CT molecular complexity index is 358. The van der Waals surface area contributed by atoms with E-state index in [-0.39, 0.29) is 0 Å². The summed E-state index contributed by atoms with van der Waals surface area (Å²) >= 11 is 9.38. The molecule has 0 heterocycles. The fourth-order valence-corrected chi connectivity index (χ4v) is 2.33. The average molecular weight is 262 g/mol. The van der Waals surface area contributed by atoms with Gasteiger partial charge < -0.3 is 5.11 Å². The van der Waals surface area contributed by atoms with Gasteiger partial charge in [0.1, 0.15) is 0 Å². The molecule has 1 aromatic carbocycles. The molecule has 0 bridgehead atoms. The summed E-state index contributed by atoms with van der Waals surface area (Å²) in [6.07, 6.45) is 1.70. The van der Waals surface area contributed by atoms with Gasteiger partial charge in [-0.1, -0.05) is 27.5 Å². The molecule has 13 heavy (non-hydrogen) atoms. The second-order valence-corrected chi connectivity index (χ2v) is 4.91. The molecule has 1 saturated carbocycles. The molecule has 0 spiro atoms. The van der Waals surface area contributed by atoms with E-state index in [9.17, 15) is 5.11 Å². The molecule has 0 radical (unpaired) electrons. The molecule has 3 heteroatoms. The van der Waals surface area contributed by atoms with Crippen LogP contribution in [0.1, 0.15) is 24.0 Å². The first-order chi connectivity index (χ1) is 6.03. The minimum Gasteiger partial charge on any atom is -0.385 e. The van der Waals surface area contributed by atoms with Crippen molar-refractivity contribution in [3.63, 3.8) is 0 Å². The van der Waals surface area contributed by atoms with Crippen LogP contribution in [-0.4, -0.2) is 5.11 Å². The lowest BCUT2D eigenvalue weighted by molar-refractivity contribution is 0.150. The summed E-state index contributed by atoms with van der Waals surface area (Å²) < 4.78 is 0.929. The Morgan fingerprint density at radius 2 is 2.08 bits per heavy atom. The van der Waals surface area contributed by atoms with E-state index in [1.54, 1.807) is 0 Å². The lowest BCUT2D eigenvalue weighted by atomic mass is 10.0. The third kappa shape index (κ3) is 1.63. The highest BCUT2D eigenvalue weighted by Crippen LogP contribution is 2.48. The summed E-state index contributed by atoms with van der Waals surface area (Å²) in [6, 6.07) is 3.81. The molecule has 1 nitrogen and oxygen atoms in total. The summed E-state index contributed by atoms with van der Waals surface area (Å²) in [5.74, 6) is 0. The molecule has 1 aromatic rings. The number of hydrogen-bond donors (Lipinski definition) is 1. The maximum atomic E-state index is 9.95. The second-order valence-electron chi connectivity index (χ2n) is 3.59. The van der Waals surface area contributed by atoms with Gasteiger partial charge in [-0.3, -0.25) is 0 Å². The highest BCUT2D eigenvalue weighted by Gasteiger charge is 2.43. The topological polar surface area (TPSA) is 20.2 Å². The van der Waals surface area contributed by atoms with E-state index in [4.69, 9.17) is 11.6 Å². The molecule has 0 amide bonds. The van der Waals surface area contributed by atoms with Gasteiger partial charge in [0.25, 0.3) is 0 Å². The molecule has 0 unspecified atom stereocenters. The molecule has 0 aliphatic heterocycles. The molecule has 0 aromatic heterocycles. The van der Waals surface area contributed by atoms with Gasteiger partial charge in [0.15, 0.2) is 0 Å². The van der Waals surface area contributed by atoms with Crippen LogP contribution in [0.15, 0.2) is 16.6 Å². The van der Waals surface area contributed by atoms with Gasteiger partial charge in [0.2, 0.25) is 0 Å². The van der Waals surface area contributed by atoms with Crippen LogP contribution in [0.4, 0.5) is 0 Å². The average Bonchev–Trinajstić information content (AvgIpc) is 2.77. The SMILES string of the molecule is Cc1c(Cl)cc(Br)cc1C1(O)CC1. The zero-order valence-corrected chi connectivity index (χ0v) is 9.61. The van der Waals surface area contributed by atoms with Crippen molar-refractivity contribution < 1.29 is 5.11 Å². The zero-order chi connectivity index (χ0) is 9.64. The maximum Gasteiger partial charge on any atom is 0.0902 e. The van der Waals surface area contributed by atoms with E-state index in [0.29, 0.717) is 5.02 Å². The van der Waals surface area contributed by atoms with Crippen molar-refractivity contribution in [2.45, 2.75) is 25.4 Å². The van der Waals surface area contributed by atoms with Crippen molar-refractivity contribution in [1.82, 2.24) is 0 Å². The summed E-state index contributed by atoms with van der Waals surface area (Å²) in [4.78, 5) is 0. The predicted molar refractivity (Wildman–Crippen MR) is 57.0 cm³/mol. The summed E-state index contributed by atoms with van der Waals surface area (Å²) in [6.45, 7) is 1.94. The largest absolute Gasteiger partial charge is 0.385 e. The Hall–Kier alpha value is -0.0500. The third-order valence-electron chi connectivity index (χ3n) is 2.53. The monoisotopic (exact) mass is 260 g/mol. The lowest BCUT2D eigenvalue weighted by Crippen LogP contribution is -2.06. The summed E-state index contributed by atoms with van der Waals surface area (Å²) in [5.41, 5.74) is 1.36. The first-order valence-electron chi connectivity index (χ1n) is 4.21. The number of halogens is 2. The van der Waals surface area contributed by atoms with E-state index in [2.05, 4.69) is 15.9 Å². The van der Waals surface area contributed by atoms with Crippen LogP contribution in [0.5, 0.6) is 0 Å². The number of hydrogen-bond acceptors (Lipinski definition) is 1. The Labute approximate surface area is 90.9 Å². The number of aliphatic hydroxyl groups is 1. The van der Waals surface area contributed by atoms with Crippen LogP contribution >= 0.6 is 27.5 Å². The lowest BCUT2D eigenvalue weighted by Gasteiger charge is -2.13. The molecule has 1 aliphatic carbocycles. The molecular formula is C10H10BrClO. The van der Waals surface area contributed by atoms with Crippen LogP contribution < -0.4 is 0 Å². The normalized spacial score (nSPS) is 18.8. The molecule has 2 rings (SSSR count). The predicted octanol–water partition coefficient (Wildman–Crippen LogP) is 3.39. The first kappa shape index (κ1) is 9.50. The Morgan fingerprint density at radius 3 is 2.62 bits per heavy atom. The summed E-state index contributed by atoms with van der Waals surface area (Å²) in [5, 5.41) is 10.7. The number of benzene rings is 1. The first-order valence-corrected chi connectivity index (χ1v) is 5.38. The minimum atomic E-state index is -0.600. The van der Waals surface area contributed by atoms with Crippen LogP contribution in [0.3, 0.4) is 0 Å². The molecule has 70 valence electrons. The van der Waals surface area contributed by atoms with Gasteiger partial charge in [-0.15, -0.1) is 0 Å². The quantitative estimate of drug-likeness (QED) is 0.821. The number of rotatable bonds is 1. The van der Waals surface area contributed by atoms with Crippen molar-refractivity contribution in [2.24, 2.45) is 0 Å². The highest BCUT2D eigenvalue weighted by molar-refractivity contribution is 9.10. The second kappa shape index (κ2) is 2.97. The standard InChI is InChI=1S/C10H10BrClO/c1-6-8(10(13)2-3-10)4-7(11)5-9(6)12/h4-5,13H,2-3H2,1H3. The zero-order valence-electron chi connectivity index (χ0n) is 7.27. The van der Waals surface area contributed by atoms with E-state index in [1.165, 1.54) is 0 Å². The Balaban J connectivity index is 2.56. The third-order valence-corrected chi connectivity index (χ3v) is 3.38. The molecule has 0 saturated heterocycles. The van der Waals surface area contributed by atoms with Crippen molar-refractivity contribution >= 4 is 27.5 Å². The van der Waals surface area contributed by atoms with Crippen LogP contribution in [0.2, 0.25) is 5.02 Å². The highest BCUT2D eigenvalue weighted by atomic mass is 79.9. The fourth-order valence-electron chi connectivity index (χ4n) is 1.52. The van der Waals surface area contributed by atoms with Crippen LogP contribution in [0, 0.1) is 6.92 Å². The molecular weight excluding hydrogens is 251 g/mol. The molecule has 1 fully saturated rings. The van der Waals surface area contributed by atoms with E-state index in [0.717, 1.165) is 28.4 Å². The van der Waals surface area contributed by atoms with Gasteiger partial charge >= 0.3 is 0 Å². The van der Waals surface area contributed by atoms with E-state index in [1.807, 2.05) is 19.1 Å². The van der Waals surface area contributed by atoms with E-state index < -0.39 is 5.60 Å². The molecule has 1 aliphatic rings. The fraction of sp³-hybridized carbons (Fsp3) is 0.400. The van der Waals surface area contributed by atoms with Gasteiger partial charge in [0.05, 0.1) is 5.60 Å². The van der Waals surface area contributed by atoms with Crippen LogP contribution in [0.25, 0.3) is 0 Å². The van der Waals surface area contributed by atoms with Crippen molar-refractivity contribution in [3.05, 3.63) is 32.8 Å². The van der Waals surface area contributed by atoms with Gasteiger partial charge in [-0.05, 0) is 43.0 Å².